The van der Waals surface area contributed by atoms with E-state index in [0.717, 1.165) is 73.8 Å². The first kappa shape index (κ1) is 20.9. The summed E-state index contributed by atoms with van der Waals surface area (Å²) < 4.78 is 20.8. The summed E-state index contributed by atoms with van der Waals surface area (Å²) in [5.74, 6) is 0.862. The van der Waals surface area contributed by atoms with E-state index in [-0.39, 0.29) is 23.7 Å². The lowest BCUT2D eigenvalue weighted by molar-refractivity contribution is -0.126. The molecule has 1 amide bonds. The molecule has 32 heavy (non-hydrogen) atoms. The minimum absolute atomic E-state index is 0.0264. The number of halogens is 1. The van der Waals surface area contributed by atoms with Crippen LogP contribution in [0, 0.1) is 18.7 Å². The molecule has 2 aromatic heterocycles. The van der Waals surface area contributed by atoms with Crippen LogP contribution in [-0.2, 0) is 9.53 Å². The molecule has 0 saturated carbocycles. The number of hydrogen-bond acceptors (Lipinski definition) is 5. The molecule has 1 atom stereocenters. The van der Waals surface area contributed by atoms with E-state index in [1.165, 1.54) is 12.1 Å². The van der Waals surface area contributed by atoms with E-state index in [0.29, 0.717) is 6.54 Å². The molecule has 0 aliphatic carbocycles. The molecule has 2 aliphatic rings. The van der Waals surface area contributed by atoms with Crippen LogP contribution in [-0.4, -0.2) is 52.9 Å². The Bertz CT molecular complexity index is 1100. The predicted molar refractivity (Wildman–Crippen MR) is 120 cm³/mol. The summed E-state index contributed by atoms with van der Waals surface area (Å²) in [5.41, 5.74) is 3.28. The van der Waals surface area contributed by atoms with Gasteiger partial charge in [-0.05, 0) is 56.9 Å². The summed E-state index contributed by atoms with van der Waals surface area (Å²) in [6.07, 6.45) is 3.87. The van der Waals surface area contributed by atoms with Gasteiger partial charge in [-0.1, -0.05) is 0 Å². The molecule has 2 fully saturated rings. The Labute approximate surface area is 186 Å². The van der Waals surface area contributed by atoms with Crippen LogP contribution in [0.2, 0.25) is 0 Å². The number of rotatable bonds is 5. The average molecular weight is 438 g/mol. The molecular formula is C24H28FN5O2. The minimum Gasteiger partial charge on any atom is -0.376 e. The van der Waals surface area contributed by atoms with Crippen molar-refractivity contribution in [3.05, 3.63) is 47.9 Å². The molecule has 8 heteroatoms. The van der Waals surface area contributed by atoms with Gasteiger partial charge in [0.05, 0.1) is 11.8 Å². The van der Waals surface area contributed by atoms with Crippen LogP contribution in [0.25, 0.3) is 16.9 Å². The fourth-order valence-electron chi connectivity index (χ4n) is 4.60. The maximum Gasteiger partial charge on any atom is 0.223 e. The lowest BCUT2D eigenvalue weighted by Crippen LogP contribution is -2.43. The third-order valence-corrected chi connectivity index (χ3v) is 6.39. The number of fused-ring (bicyclic) bond motifs is 1. The number of amides is 1. The molecule has 1 aromatic carbocycles. The van der Waals surface area contributed by atoms with Gasteiger partial charge in [-0.25, -0.2) is 9.37 Å². The first-order valence-corrected chi connectivity index (χ1v) is 11.3. The van der Waals surface area contributed by atoms with E-state index < -0.39 is 0 Å². The molecule has 7 nitrogen and oxygen atoms in total. The van der Waals surface area contributed by atoms with E-state index in [4.69, 9.17) is 9.84 Å². The second-order valence-electron chi connectivity index (χ2n) is 8.70. The monoisotopic (exact) mass is 437 g/mol. The van der Waals surface area contributed by atoms with Gasteiger partial charge in [0.25, 0.3) is 0 Å². The van der Waals surface area contributed by atoms with E-state index >= 15 is 0 Å². The molecule has 0 bridgehead atoms. The zero-order valence-corrected chi connectivity index (χ0v) is 18.3. The second kappa shape index (κ2) is 8.86. The van der Waals surface area contributed by atoms with Crippen molar-refractivity contribution in [3.63, 3.8) is 0 Å². The number of piperidine rings is 1. The largest absolute Gasteiger partial charge is 0.376 e. The van der Waals surface area contributed by atoms with E-state index in [9.17, 15) is 9.18 Å². The summed E-state index contributed by atoms with van der Waals surface area (Å²) in [6, 6.07) is 10.3. The van der Waals surface area contributed by atoms with Gasteiger partial charge in [-0.15, -0.1) is 0 Å². The van der Waals surface area contributed by atoms with Crippen molar-refractivity contribution in [1.82, 2.24) is 19.9 Å². The second-order valence-corrected chi connectivity index (χ2v) is 8.70. The third-order valence-electron chi connectivity index (χ3n) is 6.39. The summed E-state index contributed by atoms with van der Waals surface area (Å²) in [5, 5.41) is 7.83. The Kier molecular flexibility index (Phi) is 5.78. The molecule has 1 N–H and O–H groups in total. The predicted octanol–water partition coefficient (Wildman–Crippen LogP) is 3.36. The Hall–Kier alpha value is -3.00. The van der Waals surface area contributed by atoms with Crippen molar-refractivity contribution >= 4 is 17.4 Å². The Morgan fingerprint density at radius 1 is 1.19 bits per heavy atom. The number of benzene rings is 1. The first-order chi connectivity index (χ1) is 15.6. The van der Waals surface area contributed by atoms with Crippen LogP contribution in [0.1, 0.15) is 31.4 Å². The minimum atomic E-state index is -0.269. The summed E-state index contributed by atoms with van der Waals surface area (Å²) in [7, 11) is 0. The normalized spacial score (nSPS) is 19.6. The maximum atomic E-state index is 13.3. The van der Waals surface area contributed by atoms with E-state index in [1.54, 1.807) is 12.1 Å². The molecule has 2 saturated heterocycles. The van der Waals surface area contributed by atoms with E-state index in [2.05, 4.69) is 15.2 Å². The van der Waals surface area contributed by atoms with Crippen LogP contribution in [0.4, 0.5) is 10.2 Å². The number of nitrogens with one attached hydrogen (secondary N) is 1. The molecule has 0 unspecified atom stereocenters. The van der Waals surface area contributed by atoms with Crippen molar-refractivity contribution in [2.75, 3.05) is 31.1 Å². The van der Waals surface area contributed by atoms with Crippen LogP contribution >= 0.6 is 0 Å². The molecule has 4 heterocycles. The number of hydrogen-bond donors (Lipinski definition) is 1. The zero-order valence-electron chi connectivity index (χ0n) is 18.3. The van der Waals surface area contributed by atoms with Crippen molar-refractivity contribution in [2.24, 2.45) is 5.92 Å². The van der Waals surface area contributed by atoms with Crippen LogP contribution in [0.15, 0.2) is 36.4 Å². The van der Waals surface area contributed by atoms with Gasteiger partial charge >= 0.3 is 0 Å². The zero-order chi connectivity index (χ0) is 22.1. The average Bonchev–Trinajstić information content (AvgIpc) is 3.47. The van der Waals surface area contributed by atoms with Crippen LogP contribution in [0.5, 0.6) is 0 Å². The highest BCUT2D eigenvalue weighted by Crippen LogP contribution is 2.27. The topological polar surface area (TPSA) is 71.8 Å². The molecule has 5 rings (SSSR count). The van der Waals surface area contributed by atoms with Crippen LogP contribution in [0.3, 0.4) is 0 Å². The fourth-order valence-corrected chi connectivity index (χ4v) is 4.60. The summed E-state index contributed by atoms with van der Waals surface area (Å²) in [4.78, 5) is 19.5. The Morgan fingerprint density at radius 2 is 1.97 bits per heavy atom. The fraction of sp³-hybridized carbons (Fsp3) is 0.458. The smallest absolute Gasteiger partial charge is 0.223 e. The SMILES string of the molecule is Cc1cc(N2CCC(C(=O)NC[C@H]3CCCO3)CC2)n2nc(-c3ccc(F)cc3)cc2n1. The molecule has 0 spiro atoms. The maximum absolute atomic E-state index is 13.3. The van der Waals surface area contributed by atoms with Crippen LogP contribution < -0.4 is 10.2 Å². The number of aromatic nitrogens is 3. The van der Waals surface area contributed by atoms with Gasteiger partial charge in [-0.3, -0.25) is 4.79 Å². The standard InChI is InChI=1S/C24H28FN5O2/c1-16-13-23(30-22(27-16)14-21(28-30)17-4-6-19(25)7-5-17)29-10-8-18(9-11-29)24(31)26-15-20-3-2-12-32-20/h4-7,13-14,18,20H,2-3,8-12,15H2,1H3,(H,26,31)/t20-/m1/s1. The highest BCUT2D eigenvalue weighted by molar-refractivity contribution is 5.79. The highest BCUT2D eigenvalue weighted by atomic mass is 19.1. The van der Waals surface area contributed by atoms with Gasteiger partial charge < -0.3 is 15.0 Å². The molecular weight excluding hydrogens is 409 g/mol. The van der Waals surface area contributed by atoms with Gasteiger partial charge in [0, 0.05) is 55.5 Å². The molecule has 3 aromatic rings. The molecule has 168 valence electrons. The number of aryl methyl sites for hydroxylation is 1. The first-order valence-electron chi connectivity index (χ1n) is 11.3. The molecule has 2 aliphatic heterocycles. The van der Waals surface area contributed by atoms with Crippen molar-refractivity contribution < 1.29 is 13.9 Å². The third kappa shape index (κ3) is 4.32. The van der Waals surface area contributed by atoms with Crippen molar-refractivity contribution in [3.8, 4) is 11.3 Å². The summed E-state index contributed by atoms with van der Waals surface area (Å²) in [6.45, 7) is 4.95. The van der Waals surface area contributed by atoms with Crippen molar-refractivity contribution in [1.29, 1.82) is 0 Å². The quantitative estimate of drug-likeness (QED) is 0.663. The number of ether oxygens (including phenoxy) is 1. The summed E-state index contributed by atoms with van der Waals surface area (Å²) >= 11 is 0. The van der Waals surface area contributed by atoms with Gasteiger partial charge in [0.15, 0.2) is 5.65 Å². The molecule has 0 radical (unpaired) electrons. The Balaban J connectivity index is 1.29. The van der Waals surface area contributed by atoms with E-state index in [1.807, 2.05) is 23.6 Å². The van der Waals surface area contributed by atoms with Gasteiger partial charge in [0.2, 0.25) is 5.91 Å². The van der Waals surface area contributed by atoms with Gasteiger partial charge in [0.1, 0.15) is 11.6 Å². The highest BCUT2D eigenvalue weighted by Gasteiger charge is 2.27. The van der Waals surface area contributed by atoms with Gasteiger partial charge in [-0.2, -0.15) is 9.61 Å². The number of carbonyl (C=O) groups is 1. The Morgan fingerprint density at radius 3 is 2.69 bits per heavy atom. The lowest BCUT2D eigenvalue weighted by Gasteiger charge is -2.33. The lowest BCUT2D eigenvalue weighted by atomic mass is 9.96. The number of nitrogens with zero attached hydrogens (tertiary/aromatic N) is 4. The number of anilines is 1. The van der Waals surface area contributed by atoms with Crippen molar-refractivity contribution in [2.45, 2.75) is 38.7 Å². The number of carbonyl (C=O) groups excluding carboxylic acids is 1.